The van der Waals surface area contributed by atoms with Crippen molar-refractivity contribution in [2.24, 2.45) is 5.73 Å². The van der Waals surface area contributed by atoms with E-state index in [2.05, 4.69) is 20.5 Å². The molecular formula is C25H23F4N5O3. The number of primary amides is 1. The average molecular weight is 517 g/mol. The Morgan fingerprint density at radius 3 is 2.54 bits per heavy atom. The maximum atomic E-state index is 14.3. The molecule has 0 fully saturated rings. The molecule has 12 heteroatoms. The fraction of sp³-hybridized carbons (Fsp3) is 0.320. The largest absolute Gasteiger partial charge is 0.490 e. The topological polar surface area (TPSA) is 120 Å². The van der Waals surface area contributed by atoms with Crippen molar-refractivity contribution in [2.75, 3.05) is 13.2 Å². The van der Waals surface area contributed by atoms with Crippen LogP contribution in [-0.4, -0.2) is 46.3 Å². The van der Waals surface area contributed by atoms with Crippen LogP contribution in [-0.2, 0) is 10.2 Å². The van der Waals surface area contributed by atoms with Gasteiger partial charge >= 0.3 is 6.18 Å². The zero-order chi connectivity index (χ0) is 27.0. The minimum atomic E-state index is -4.80. The summed E-state index contributed by atoms with van der Waals surface area (Å²) in [5.41, 5.74) is 5.05. The van der Waals surface area contributed by atoms with Crippen molar-refractivity contribution in [3.8, 4) is 17.0 Å². The molecule has 0 bridgehead atoms. The Balaban J connectivity index is 1.79. The quantitative estimate of drug-likeness (QED) is 0.463. The number of carbonyl (C=O) groups is 2. The molecule has 3 aromatic rings. The van der Waals surface area contributed by atoms with Gasteiger partial charge in [-0.05, 0) is 48.9 Å². The molecule has 0 radical (unpaired) electrons. The number of alkyl halides is 3. The van der Waals surface area contributed by atoms with Gasteiger partial charge in [0.25, 0.3) is 5.91 Å². The summed E-state index contributed by atoms with van der Waals surface area (Å²) in [4.78, 5) is 28.6. The molecule has 37 heavy (non-hydrogen) atoms. The maximum Gasteiger partial charge on any atom is 0.398 e. The Morgan fingerprint density at radius 2 is 1.92 bits per heavy atom. The Hall–Kier alpha value is -4.09. The van der Waals surface area contributed by atoms with Gasteiger partial charge in [0.1, 0.15) is 23.2 Å². The van der Waals surface area contributed by atoms with E-state index in [1.54, 1.807) is 13.8 Å². The summed E-state index contributed by atoms with van der Waals surface area (Å²) in [5, 5.41) is 9.58. The van der Waals surface area contributed by atoms with Gasteiger partial charge in [-0.1, -0.05) is 6.92 Å². The number of nitrogens with zero attached hydrogens (tertiary/aromatic N) is 3. The van der Waals surface area contributed by atoms with Crippen LogP contribution in [0.2, 0.25) is 0 Å². The summed E-state index contributed by atoms with van der Waals surface area (Å²) in [5.74, 6) is -4.02. The van der Waals surface area contributed by atoms with Crippen LogP contribution in [0.4, 0.5) is 17.6 Å². The third kappa shape index (κ3) is 5.37. The summed E-state index contributed by atoms with van der Waals surface area (Å²) in [7, 11) is 0. The van der Waals surface area contributed by atoms with Crippen molar-refractivity contribution >= 4 is 11.8 Å². The van der Waals surface area contributed by atoms with Crippen LogP contribution >= 0.6 is 0 Å². The van der Waals surface area contributed by atoms with E-state index in [1.165, 1.54) is 30.5 Å². The summed E-state index contributed by atoms with van der Waals surface area (Å²) < 4.78 is 62.3. The predicted molar refractivity (Wildman–Crippen MR) is 124 cm³/mol. The standard InChI is InChI=1S/C25H23F4N5O3/c1-13-7-8-32-34-20(13)23(36)31-11-17(25(27,28)29)18-9-16-22(37-12-24(16,2)10-19(30)35)21(33-18)14-3-5-15(26)6-4-14/h3-9,17H,10-12H2,1-2H3,(H2,30,35)(H,31,36)/t17?,24-/m0/s1. The summed E-state index contributed by atoms with van der Waals surface area (Å²) >= 11 is 0. The Kier molecular flexibility index (Phi) is 6.85. The molecule has 0 saturated carbocycles. The van der Waals surface area contributed by atoms with Crippen LogP contribution in [0.25, 0.3) is 11.3 Å². The van der Waals surface area contributed by atoms with E-state index in [4.69, 9.17) is 10.5 Å². The lowest BCUT2D eigenvalue weighted by Gasteiger charge is -2.25. The molecule has 2 aromatic heterocycles. The second-order valence-corrected chi connectivity index (χ2v) is 9.14. The molecule has 1 aliphatic heterocycles. The average Bonchev–Trinajstić information content (AvgIpc) is 3.14. The first-order valence-electron chi connectivity index (χ1n) is 11.2. The van der Waals surface area contributed by atoms with Gasteiger partial charge in [-0.25, -0.2) is 9.37 Å². The minimum absolute atomic E-state index is 0.00995. The predicted octanol–water partition coefficient (Wildman–Crippen LogP) is 3.59. The van der Waals surface area contributed by atoms with Crippen LogP contribution in [0.1, 0.15) is 46.6 Å². The number of ether oxygens (including phenoxy) is 1. The molecule has 2 atom stereocenters. The minimum Gasteiger partial charge on any atom is -0.490 e. The number of nitrogens with one attached hydrogen (secondary N) is 1. The van der Waals surface area contributed by atoms with Gasteiger partial charge in [0.2, 0.25) is 5.91 Å². The van der Waals surface area contributed by atoms with Gasteiger partial charge in [0.05, 0.1) is 12.3 Å². The molecule has 3 N–H and O–H groups in total. The Bertz CT molecular complexity index is 1350. The number of benzene rings is 1. The number of carbonyl (C=O) groups excluding carboxylic acids is 2. The van der Waals surface area contributed by atoms with E-state index in [1.807, 2.05) is 0 Å². The van der Waals surface area contributed by atoms with Crippen molar-refractivity contribution < 1.29 is 31.9 Å². The summed E-state index contributed by atoms with van der Waals surface area (Å²) in [6, 6.07) is 7.79. The lowest BCUT2D eigenvalue weighted by molar-refractivity contribution is -0.149. The first-order chi connectivity index (χ1) is 17.4. The number of aromatic nitrogens is 3. The van der Waals surface area contributed by atoms with Crippen LogP contribution in [0, 0.1) is 12.7 Å². The van der Waals surface area contributed by atoms with E-state index in [0.717, 1.165) is 12.1 Å². The van der Waals surface area contributed by atoms with Crippen molar-refractivity contribution in [1.29, 1.82) is 0 Å². The molecule has 1 aromatic carbocycles. The maximum absolute atomic E-state index is 14.3. The monoisotopic (exact) mass is 517 g/mol. The summed E-state index contributed by atoms with van der Waals surface area (Å²) in [6.07, 6.45) is -3.61. The molecule has 0 aliphatic carbocycles. The fourth-order valence-electron chi connectivity index (χ4n) is 4.25. The van der Waals surface area contributed by atoms with Crippen molar-refractivity contribution in [2.45, 2.75) is 37.8 Å². The number of hydrogen-bond donors (Lipinski definition) is 2. The number of halogens is 4. The Morgan fingerprint density at radius 1 is 1.22 bits per heavy atom. The number of amides is 2. The highest BCUT2D eigenvalue weighted by Crippen LogP contribution is 2.47. The fourth-order valence-corrected chi connectivity index (χ4v) is 4.25. The van der Waals surface area contributed by atoms with Crippen LogP contribution in [0.3, 0.4) is 0 Å². The molecule has 194 valence electrons. The van der Waals surface area contributed by atoms with E-state index >= 15 is 0 Å². The highest BCUT2D eigenvalue weighted by molar-refractivity contribution is 5.93. The molecule has 3 heterocycles. The molecule has 8 nitrogen and oxygen atoms in total. The van der Waals surface area contributed by atoms with E-state index in [9.17, 15) is 27.2 Å². The smallest absolute Gasteiger partial charge is 0.398 e. The van der Waals surface area contributed by atoms with Crippen LogP contribution in [0.5, 0.6) is 5.75 Å². The van der Waals surface area contributed by atoms with Gasteiger partial charge in [-0.15, -0.1) is 5.10 Å². The zero-order valence-corrected chi connectivity index (χ0v) is 19.9. The number of hydrogen-bond acceptors (Lipinski definition) is 6. The van der Waals surface area contributed by atoms with E-state index in [0.29, 0.717) is 16.7 Å². The molecule has 1 aliphatic rings. The summed E-state index contributed by atoms with van der Waals surface area (Å²) in [6.45, 7) is 2.40. The molecule has 0 spiro atoms. The number of aryl methyl sites for hydroxylation is 1. The van der Waals surface area contributed by atoms with Crippen LogP contribution in [0.15, 0.2) is 42.6 Å². The lowest BCUT2D eigenvalue weighted by Crippen LogP contribution is -2.36. The molecule has 0 saturated heterocycles. The van der Waals surface area contributed by atoms with Crippen molar-refractivity contribution in [3.63, 3.8) is 0 Å². The second-order valence-electron chi connectivity index (χ2n) is 9.14. The van der Waals surface area contributed by atoms with Crippen molar-refractivity contribution in [1.82, 2.24) is 20.5 Å². The van der Waals surface area contributed by atoms with Gasteiger partial charge in [-0.2, -0.15) is 18.3 Å². The van der Waals surface area contributed by atoms with Gasteiger partial charge in [-0.3, -0.25) is 9.59 Å². The van der Waals surface area contributed by atoms with Crippen molar-refractivity contribution in [3.05, 3.63) is 70.9 Å². The second kappa shape index (κ2) is 9.75. The molecule has 2 amide bonds. The van der Waals surface area contributed by atoms with E-state index in [-0.39, 0.29) is 30.2 Å². The number of fused-ring (bicyclic) bond motifs is 1. The number of pyridine rings is 1. The zero-order valence-electron chi connectivity index (χ0n) is 19.9. The van der Waals surface area contributed by atoms with E-state index < -0.39 is 47.4 Å². The molecule has 1 unspecified atom stereocenters. The first kappa shape index (κ1) is 26.0. The first-order valence-corrected chi connectivity index (χ1v) is 11.2. The molecule has 4 rings (SSSR count). The third-order valence-corrected chi connectivity index (χ3v) is 6.22. The number of rotatable bonds is 7. The lowest BCUT2D eigenvalue weighted by atomic mass is 9.80. The third-order valence-electron chi connectivity index (χ3n) is 6.22. The molecular weight excluding hydrogens is 494 g/mol. The van der Waals surface area contributed by atoms with Gasteiger partial charge < -0.3 is 15.8 Å². The van der Waals surface area contributed by atoms with Crippen LogP contribution < -0.4 is 15.8 Å². The number of nitrogens with two attached hydrogens (primary N) is 1. The van der Waals surface area contributed by atoms with Gasteiger partial charge in [0, 0.05) is 35.7 Å². The SMILES string of the molecule is Cc1ccnnc1C(=O)NCC(c1cc2c(c(-c3ccc(F)cc3)n1)OC[C@]2(C)CC(N)=O)C(F)(F)F. The van der Waals surface area contributed by atoms with Gasteiger partial charge in [0.15, 0.2) is 5.69 Å². The normalized spacial score (nSPS) is 17.6. The highest BCUT2D eigenvalue weighted by Gasteiger charge is 2.45. The highest BCUT2D eigenvalue weighted by atomic mass is 19.4. The Labute approximate surface area is 209 Å².